The SMILES string of the molecule is CC1(C(=O)n2nc(C3(C)CCCNC3=O)cc2NCc2ccc(Cl)s2)CCOCC1. The molecular weight excluding hydrogens is 424 g/mol. The van der Waals surface area contributed by atoms with Gasteiger partial charge in [0.05, 0.1) is 27.4 Å². The fourth-order valence-electron chi connectivity index (χ4n) is 4.04. The third-order valence-electron chi connectivity index (χ3n) is 6.29. The van der Waals surface area contributed by atoms with Gasteiger partial charge in [-0.25, -0.2) is 0 Å². The van der Waals surface area contributed by atoms with Crippen LogP contribution in [0, 0.1) is 5.41 Å². The van der Waals surface area contributed by atoms with Gasteiger partial charge in [-0.05, 0) is 44.7 Å². The second kappa shape index (κ2) is 8.32. The minimum absolute atomic E-state index is 0.0419. The predicted molar refractivity (Wildman–Crippen MR) is 117 cm³/mol. The lowest BCUT2D eigenvalue weighted by Crippen LogP contribution is -2.47. The van der Waals surface area contributed by atoms with Crippen LogP contribution in [-0.4, -0.2) is 41.4 Å². The van der Waals surface area contributed by atoms with E-state index in [0.29, 0.717) is 57.1 Å². The summed E-state index contributed by atoms with van der Waals surface area (Å²) in [7, 11) is 0. The van der Waals surface area contributed by atoms with Gasteiger partial charge in [-0.3, -0.25) is 9.59 Å². The largest absolute Gasteiger partial charge is 0.381 e. The molecule has 9 heteroatoms. The van der Waals surface area contributed by atoms with Crippen LogP contribution in [0.5, 0.6) is 0 Å². The number of aromatic nitrogens is 2. The molecule has 2 aromatic heterocycles. The van der Waals surface area contributed by atoms with Crippen LogP contribution in [0.4, 0.5) is 5.82 Å². The first-order valence-electron chi connectivity index (χ1n) is 10.3. The van der Waals surface area contributed by atoms with E-state index in [1.54, 1.807) is 0 Å². The smallest absolute Gasteiger partial charge is 0.254 e. The summed E-state index contributed by atoms with van der Waals surface area (Å²) >= 11 is 7.54. The molecule has 0 aliphatic carbocycles. The molecule has 2 fully saturated rings. The Morgan fingerprint density at radius 1 is 1.33 bits per heavy atom. The number of nitrogens with zero attached hydrogens (tertiary/aromatic N) is 2. The first-order valence-corrected chi connectivity index (χ1v) is 11.5. The number of anilines is 1. The molecule has 2 aromatic rings. The molecule has 1 amide bonds. The average molecular weight is 451 g/mol. The van der Waals surface area contributed by atoms with Crippen LogP contribution in [-0.2, 0) is 21.5 Å². The van der Waals surface area contributed by atoms with Crippen molar-refractivity contribution in [3.63, 3.8) is 0 Å². The second-order valence-electron chi connectivity index (χ2n) is 8.56. The van der Waals surface area contributed by atoms with Crippen molar-refractivity contribution in [1.29, 1.82) is 0 Å². The summed E-state index contributed by atoms with van der Waals surface area (Å²) in [5, 5.41) is 11.0. The molecule has 1 atom stereocenters. The zero-order valence-electron chi connectivity index (χ0n) is 17.3. The number of rotatable bonds is 5. The third-order valence-corrected chi connectivity index (χ3v) is 7.52. The van der Waals surface area contributed by atoms with Gasteiger partial charge < -0.3 is 15.4 Å². The van der Waals surface area contributed by atoms with E-state index in [0.717, 1.165) is 15.6 Å². The van der Waals surface area contributed by atoms with Crippen molar-refractivity contribution in [2.75, 3.05) is 25.1 Å². The van der Waals surface area contributed by atoms with Gasteiger partial charge in [0.15, 0.2) is 0 Å². The van der Waals surface area contributed by atoms with Crippen molar-refractivity contribution < 1.29 is 14.3 Å². The number of thiophene rings is 1. The Morgan fingerprint density at radius 2 is 2.10 bits per heavy atom. The van der Waals surface area contributed by atoms with Gasteiger partial charge in [0, 0.05) is 30.7 Å². The quantitative estimate of drug-likeness (QED) is 0.723. The summed E-state index contributed by atoms with van der Waals surface area (Å²) in [6, 6.07) is 5.66. The summed E-state index contributed by atoms with van der Waals surface area (Å²) in [5.41, 5.74) is -0.668. The van der Waals surface area contributed by atoms with Crippen LogP contribution >= 0.6 is 22.9 Å². The van der Waals surface area contributed by atoms with Crippen molar-refractivity contribution >= 4 is 40.6 Å². The topological polar surface area (TPSA) is 85.2 Å². The summed E-state index contributed by atoms with van der Waals surface area (Å²) in [6.45, 7) is 6.20. The summed E-state index contributed by atoms with van der Waals surface area (Å²) in [4.78, 5) is 27.2. The van der Waals surface area contributed by atoms with Gasteiger partial charge in [-0.15, -0.1) is 11.3 Å². The number of halogens is 1. The molecule has 0 spiro atoms. The Labute approximate surface area is 185 Å². The molecule has 0 saturated carbocycles. The summed E-state index contributed by atoms with van der Waals surface area (Å²) in [5.74, 6) is 0.495. The summed E-state index contributed by atoms with van der Waals surface area (Å²) < 4.78 is 7.64. The molecule has 0 radical (unpaired) electrons. The molecule has 30 heavy (non-hydrogen) atoms. The van der Waals surface area contributed by atoms with Gasteiger partial charge in [0.25, 0.3) is 5.91 Å². The van der Waals surface area contributed by atoms with E-state index in [1.807, 2.05) is 32.0 Å². The van der Waals surface area contributed by atoms with E-state index in [-0.39, 0.29) is 11.8 Å². The molecule has 4 rings (SSSR count). The molecule has 7 nitrogen and oxygen atoms in total. The first kappa shape index (κ1) is 21.3. The maximum Gasteiger partial charge on any atom is 0.254 e. The molecular formula is C21H27ClN4O3S. The zero-order valence-corrected chi connectivity index (χ0v) is 18.9. The number of amides is 1. The molecule has 2 saturated heterocycles. The summed E-state index contributed by atoms with van der Waals surface area (Å²) in [6.07, 6.45) is 2.89. The fourth-order valence-corrected chi connectivity index (χ4v) is 5.07. The molecule has 2 N–H and O–H groups in total. The van der Waals surface area contributed by atoms with Crippen molar-refractivity contribution in [2.24, 2.45) is 5.41 Å². The number of ether oxygens (including phenoxy) is 1. The van der Waals surface area contributed by atoms with Gasteiger partial charge in [0.2, 0.25) is 5.91 Å². The van der Waals surface area contributed by atoms with Crippen LogP contribution in [0.3, 0.4) is 0 Å². The number of piperidine rings is 1. The van der Waals surface area contributed by atoms with Crippen molar-refractivity contribution in [2.45, 2.75) is 51.5 Å². The Bertz CT molecular complexity index is 950. The number of hydrogen-bond donors (Lipinski definition) is 2. The maximum absolute atomic E-state index is 13.5. The van der Waals surface area contributed by atoms with Crippen LogP contribution in [0.2, 0.25) is 4.34 Å². The second-order valence-corrected chi connectivity index (χ2v) is 10.4. The van der Waals surface area contributed by atoms with E-state index in [4.69, 9.17) is 16.3 Å². The molecule has 4 heterocycles. The van der Waals surface area contributed by atoms with Crippen LogP contribution in [0.1, 0.15) is 54.9 Å². The molecule has 2 aliphatic rings. The molecule has 1 unspecified atom stereocenters. The highest BCUT2D eigenvalue weighted by Gasteiger charge is 2.42. The molecule has 162 valence electrons. The predicted octanol–water partition coefficient (Wildman–Crippen LogP) is 3.83. The minimum atomic E-state index is -0.747. The van der Waals surface area contributed by atoms with Crippen LogP contribution in [0.15, 0.2) is 18.2 Å². The lowest BCUT2D eigenvalue weighted by molar-refractivity contribution is -0.128. The van der Waals surface area contributed by atoms with Gasteiger partial charge in [0.1, 0.15) is 5.82 Å². The van der Waals surface area contributed by atoms with Gasteiger partial charge in [-0.1, -0.05) is 18.5 Å². The van der Waals surface area contributed by atoms with E-state index < -0.39 is 10.8 Å². The zero-order chi connectivity index (χ0) is 21.4. The van der Waals surface area contributed by atoms with Crippen molar-refractivity contribution in [3.05, 3.63) is 33.1 Å². The highest BCUT2D eigenvalue weighted by atomic mass is 35.5. The number of nitrogens with one attached hydrogen (secondary N) is 2. The van der Waals surface area contributed by atoms with Gasteiger partial charge in [-0.2, -0.15) is 9.78 Å². The van der Waals surface area contributed by atoms with E-state index in [2.05, 4.69) is 15.7 Å². The Hall–Kier alpha value is -1.90. The van der Waals surface area contributed by atoms with Crippen LogP contribution < -0.4 is 10.6 Å². The monoisotopic (exact) mass is 450 g/mol. The average Bonchev–Trinajstić information content (AvgIpc) is 3.35. The molecule has 0 aromatic carbocycles. The number of carbonyl (C=O) groups excluding carboxylic acids is 2. The maximum atomic E-state index is 13.5. The Balaban J connectivity index is 1.67. The fraction of sp³-hybridized carbons (Fsp3) is 0.571. The van der Waals surface area contributed by atoms with Crippen molar-refractivity contribution in [3.8, 4) is 0 Å². The van der Waals surface area contributed by atoms with Gasteiger partial charge >= 0.3 is 0 Å². The highest BCUT2D eigenvalue weighted by molar-refractivity contribution is 7.16. The third kappa shape index (κ3) is 4.00. The van der Waals surface area contributed by atoms with E-state index in [1.165, 1.54) is 16.0 Å². The normalized spacial score (nSPS) is 23.8. The minimum Gasteiger partial charge on any atom is -0.381 e. The lowest BCUT2D eigenvalue weighted by atomic mass is 9.79. The lowest BCUT2D eigenvalue weighted by Gasteiger charge is -2.32. The molecule has 2 aliphatic heterocycles. The first-order chi connectivity index (χ1) is 14.3. The number of carbonyl (C=O) groups is 2. The highest BCUT2D eigenvalue weighted by Crippen LogP contribution is 2.36. The van der Waals surface area contributed by atoms with Crippen molar-refractivity contribution in [1.82, 2.24) is 15.1 Å². The van der Waals surface area contributed by atoms with E-state index in [9.17, 15) is 9.59 Å². The standard InChI is InChI=1S/C21H27ClN4O3S/c1-20(7-10-29-11-8-20)19(28)26-17(24-13-14-4-5-16(22)30-14)12-15(25-26)21(2)6-3-9-23-18(21)27/h4-5,12,24H,3,6-11,13H2,1-2H3,(H,23,27). The van der Waals surface area contributed by atoms with E-state index >= 15 is 0 Å². The number of hydrogen-bond acceptors (Lipinski definition) is 6. The Kier molecular flexibility index (Phi) is 5.92. The van der Waals surface area contributed by atoms with Crippen LogP contribution in [0.25, 0.3) is 0 Å². The Morgan fingerprint density at radius 3 is 2.77 bits per heavy atom. The molecule has 0 bridgehead atoms.